The molecule has 0 unspecified atom stereocenters. The number of methoxy groups -OCH3 is 1. The highest BCUT2D eigenvalue weighted by atomic mass is 16.6. The Morgan fingerprint density at radius 2 is 1.42 bits per heavy atom. The van der Waals surface area contributed by atoms with E-state index in [-0.39, 0.29) is 35.4 Å². The number of aromatic amines is 2. The van der Waals surface area contributed by atoms with E-state index >= 15 is 0 Å². The van der Waals surface area contributed by atoms with Gasteiger partial charge in [0.05, 0.1) is 43.0 Å². The van der Waals surface area contributed by atoms with Crippen LogP contribution in [-0.4, -0.2) is 92.9 Å². The zero-order valence-electron chi connectivity index (χ0n) is 34.3. The Morgan fingerprint density at radius 3 is 2.08 bits per heavy atom. The van der Waals surface area contributed by atoms with Crippen LogP contribution in [0.15, 0.2) is 73.1 Å². The van der Waals surface area contributed by atoms with Crippen molar-refractivity contribution in [3.05, 3.63) is 84.7 Å². The summed E-state index contributed by atoms with van der Waals surface area (Å²) in [6.45, 7) is 8.16. The number of aromatic nitrogens is 4. The molecule has 0 radical (unpaired) electrons. The summed E-state index contributed by atoms with van der Waals surface area (Å²) in [5, 5.41) is 5.05. The van der Waals surface area contributed by atoms with Gasteiger partial charge < -0.3 is 34.4 Å². The largest absolute Gasteiger partial charge is 0.453 e. The maximum Gasteiger partial charge on any atom is 0.410 e. The maximum absolute atomic E-state index is 14.0. The lowest BCUT2D eigenvalue weighted by Gasteiger charge is -2.34. The molecule has 2 aromatic heterocycles. The average Bonchev–Trinajstić information content (AvgIpc) is 3.77. The van der Waals surface area contributed by atoms with Crippen molar-refractivity contribution in [2.24, 2.45) is 11.3 Å². The van der Waals surface area contributed by atoms with Crippen molar-refractivity contribution in [2.75, 3.05) is 33.4 Å². The number of fused-ring (bicyclic) bond motifs is 1. The number of rotatable bonds is 8. The highest BCUT2D eigenvalue weighted by Crippen LogP contribution is 2.58. The molecule has 308 valence electrons. The van der Waals surface area contributed by atoms with E-state index in [9.17, 15) is 14.4 Å². The third kappa shape index (κ3) is 8.04. The van der Waals surface area contributed by atoms with E-state index in [0.29, 0.717) is 32.6 Å². The fourth-order valence-electron chi connectivity index (χ4n) is 9.20. The lowest BCUT2D eigenvalue weighted by Crippen LogP contribution is -2.53. The third-order valence-corrected chi connectivity index (χ3v) is 12.6. The van der Waals surface area contributed by atoms with Crippen LogP contribution in [0.1, 0.15) is 89.4 Å². The van der Waals surface area contributed by atoms with Crippen molar-refractivity contribution in [1.82, 2.24) is 35.1 Å². The minimum Gasteiger partial charge on any atom is -0.453 e. The number of likely N-dealkylation sites (tertiary alicyclic amines) is 2. The number of alkyl carbamates (subject to hydrolysis) is 1. The third-order valence-electron chi connectivity index (χ3n) is 12.6. The Balaban J connectivity index is 0.878. The number of hydrogen-bond donors (Lipinski definition) is 3. The quantitative estimate of drug-likeness (QED) is 0.141. The zero-order valence-corrected chi connectivity index (χ0v) is 34.3. The fraction of sp³-hybridized carbons (Fsp3) is 0.457. The Hall–Kier alpha value is -5.69. The molecule has 4 aliphatic rings. The van der Waals surface area contributed by atoms with Gasteiger partial charge in [0.25, 0.3) is 0 Å². The molecule has 5 aromatic rings. The molecule has 13 nitrogen and oxygen atoms in total. The van der Waals surface area contributed by atoms with E-state index in [1.165, 1.54) is 7.11 Å². The summed E-state index contributed by atoms with van der Waals surface area (Å²) in [6.07, 6.45) is 9.06. The minimum atomic E-state index is -0.675. The van der Waals surface area contributed by atoms with Crippen LogP contribution >= 0.6 is 0 Å². The van der Waals surface area contributed by atoms with Gasteiger partial charge in [0, 0.05) is 31.9 Å². The predicted molar refractivity (Wildman–Crippen MR) is 223 cm³/mol. The smallest absolute Gasteiger partial charge is 0.410 e. The number of nitrogens with one attached hydrogen (secondary N) is 3. The number of nitrogens with zero attached hydrogens (tertiary/aromatic N) is 4. The predicted octanol–water partition coefficient (Wildman–Crippen LogP) is 8.56. The van der Waals surface area contributed by atoms with Gasteiger partial charge in [0.2, 0.25) is 5.91 Å². The molecule has 1 spiro atoms. The first kappa shape index (κ1) is 38.8. The Kier molecular flexibility index (Phi) is 10.2. The van der Waals surface area contributed by atoms with Crippen molar-refractivity contribution in [1.29, 1.82) is 0 Å². The Labute approximate surface area is 344 Å². The van der Waals surface area contributed by atoms with E-state index in [0.717, 1.165) is 94.7 Å². The zero-order chi connectivity index (χ0) is 40.9. The number of carbonyl (C=O) groups excluding carboxylic acids is 3. The van der Waals surface area contributed by atoms with Gasteiger partial charge in [-0.1, -0.05) is 48.5 Å². The Bertz CT molecular complexity index is 2350. The molecule has 3 saturated heterocycles. The highest BCUT2D eigenvalue weighted by Gasteiger charge is 2.55. The van der Waals surface area contributed by atoms with Crippen LogP contribution in [0.5, 0.6) is 0 Å². The SMILES string of the molecule is COC(=O)N[C@H](C(=O)N1CCC[C@H]1c1ncc(-c2ccc3cc(-c4ccc(-c5cnc([C@@H]6CC7(CC7)CN6C(=O)OC(C)(C)C)[nH]5)cc4)ccc3c2)[nH]1)C1CCOCC1. The van der Waals surface area contributed by atoms with Crippen LogP contribution in [0.3, 0.4) is 0 Å². The standard InChI is InChI=1S/C46H53N7O6/c1-45(2,3)59-44(56)53-27-46(17-18-46)24-38(53)41-48-25-35(49-41)29-9-7-28(8-10-29)31-11-12-33-23-34(14-13-32(33)22-31)36-26-47-40(50-36)37-6-5-19-52(37)42(54)39(51-43(55)57-4)30-15-20-58-21-16-30/h7-14,22-23,25-26,30,37-39H,5-6,15-21,24,27H2,1-4H3,(H,47,50)(H,48,49)(H,51,55)/t37-,38-,39-/m0/s1. The minimum absolute atomic E-state index is 0.0189. The van der Waals surface area contributed by atoms with Crippen LogP contribution in [0.4, 0.5) is 9.59 Å². The van der Waals surface area contributed by atoms with Crippen molar-refractivity contribution >= 4 is 28.9 Å². The second kappa shape index (κ2) is 15.5. The van der Waals surface area contributed by atoms with Gasteiger partial charge in [-0.2, -0.15) is 0 Å². The summed E-state index contributed by atoms with van der Waals surface area (Å²) in [5.74, 6) is 1.43. The summed E-state index contributed by atoms with van der Waals surface area (Å²) < 4.78 is 16.2. The van der Waals surface area contributed by atoms with E-state index in [4.69, 9.17) is 24.2 Å². The van der Waals surface area contributed by atoms with Crippen LogP contribution in [-0.2, 0) is 19.0 Å². The van der Waals surface area contributed by atoms with Gasteiger partial charge in [-0.05, 0) is 117 Å². The monoisotopic (exact) mass is 799 g/mol. The van der Waals surface area contributed by atoms with Crippen LogP contribution in [0, 0.1) is 11.3 Å². The summed E-state index contributed by atoms with van der Waals surface area (Å²) in [7, 11) is 1.32. The summed E-state index contributed by atoms with van der Waals surface area (Å²) in [5.41, 5.74) is 5.71. The second-order valence-corrected chi connectivity index (χ2v) is 17.8. The van der Waals surface area contributed by atoms with Gasteiger partial charge in [0.1, 0.15) is 23.3 Å². The molecule has 3 amide bonds. The van der Waals surface area contributed by atoms with Crippen molar-refractivity contribution in [2.45, 2.75) is 89.4 Å². The van der Waals surface area contributed by atoms with Gasteiger partial charge in [0.15, 0.2) is 0 Å². The summed E-state index contributed by atoms with van der Waals surface area (Å²) in [4.78, 5) is 59.7. The lowest BCUT2D eigenvalue weighted by atomic mass is 9.90. The molecular formula is C46H53N7O6. The van der Waals surface area contributed by atoms with Gasteiger partial charge in [-0.25, -0.2) is 19.6 Å². The molecule has 59 heavy (non-hydrogen) atoms. The van der Waals surface area contributed by atoms with Gasteiger partial charge >= 0.3 is 12.2 Å². The molecule has 13 heteroatoms. The summed E-state index contributed by atoms with van der Waals surface area (Å²) in [6, 6.07) is 20.4. The fourth-order valence-corrected chi connectivity index (χ4v) is 9.20. The number of amides is 3. The van der Waals surface area contributed by atoms with Gasteiger partial charge in [-0.3, -0.25) is 9.69 Å². The normalized spacial score (nSPS) is 20.9. The number of H-pyrrole nitrogens is 2. The first-order valence-corrected chi connectivity index (χ1v) is 20.9. The van der Waals surface area contributed by atoms with Crippen LogP contribution in [0.25, 0.3) is 44.4 Å². The van der Waals surface area contributed by atoms with Gasteiger partial charge in [-0.15, -0.1) is 0 Å². The number of hydrogen-bond acceptors (Lipinski definition) is 8. The first-order valence-electron chi connectivity index (χ1n) is 20.9. The molecule has 3 aromatic carbocycles. The second-order valence-electron chi connectivity index (χ2n) is 17.8. The number of imidazole rings is 2. The molecule has 1 saturated carbocycles. The van der Waals surface area contributed by atoms with Crippen LogP contribution < -0.4 is 5.32 Å². The number of benzene rings is 3. The van der Waals surface area contributed by atoms with Crippen molar-refractivity contribution < 1.29 is 28.6 Å². The van der Waals surface area contributed by atoms with E-state index < -0.39 is 17.7 Å². The maximum atomic E-state index is 14.0. The summed E-state index contributed by atoms with van der Waals surface area (Å²) >= 11 is 0. The average molecular weight is 800 g/mol. The van der Waals surface area contributed by atoms with Crippen molar-refractivity contribution in [3.8, 4) is 33.6 Å². The number of carbonyl (C=O) groups is 3. The molecule has 3 atom stereocenters. The van der Waals surface area contributed by atoms with E-state index in [1.807, 2.05) is 43.0 Å². The molecule has 3 aliphatic heterocycles. The van der Waals surface area contributed by atoms with Crippen molar-refractivity contribution in [3.63, 3.8) is 0 Å². The highest BCUT2D eigenvalue weighted by molar-refractivity contribution is 5.91. The number of ether oxygens (including phenoxy) is 3. The molecule has 9 rings (SSSR count). The lowest BCUT2D eigenvalue weighted by molar-refractivity contribution is -0.136. The molecule has 0 bridgehead atoms. The van der Waals surface area contributed by atoms with E-state index in [2.05, 4.69) is 75.9 Å². The molecular weight excluding hydrogens is 747 g/mol. The topological polar surface area (TPSA) is 155 Å². The first-order chi connectivity index (χ1) is 28.5. The van der Waals surface area contributed by atoms with E-state index in [1.54, 1.807) is 0 Å². The Morgan fingerprint density at radius 1 is 0.814 bits per heavy atom. The molecule has 5 heterocycles. The molecule has 3 N–H and O–H groups in total. The molecule has 4 fully saturated rings. The van der Waals surface area contributed by atoms with Crippen LogP contribution in [0.2, 0.25) is 0 Å². The molecule has 1 aliphatic carbocycles.